The molecule has 0 aromatic heterocycles. The maximum absolute atomic E-state index is 4.44. The van der Waals surface area contributed by atoms with Gasteiger partial charge in [-0.1, -0.05) is 60.2 Å². The lowest BCUT2D eigenvalue weighted by atomic mass is 10.1. The Balaban J connectivity index is 1.84. The minimum absolute atomic E-state index is 0.771. The number of aryl methyl sites for hydroxylation is 1. The van der Waals surface area contributed by atoms with Gasteiger partial charge in [-0.15, -0.1) is 0 Å². The van der Waals surface area contributed by atoms with Crippen LogP contribution in [0.5, 0.6) is 0 Å². The molecule has 0 aliphatic rings. The average Bonchev–Trinajstić information content (AvgIpc) is 2.38. The molecule has 0 aliphatic heterocycles. The van der Waals surface area contributed by atoms with Crippen LogP contribution in [0.15, 0.2) is 59.6 Å². The van der Waals surface area contributed by atoms with E-state index in [4.69, 9.17) is 0 Å². The summed E-state index contributed by atoms with van der Waals surface area (Å²) in [5, 5.41) is 0. The molecule has 2 aromatic rings. The lowest BCUT2D eigenvalue weighted by molar-refractivity contribution is 1.06. The number of hydrogen-bond donors (Lipinski definition) is 0. The number of rotatable bonds is 4. The summed E-state index contributed by atoms with van der Waals surface area (Å²) < 4.78 is 0. The Morgan fingerprint density at radius 2 is 1.59 bits per heavy atom. The number of nitrogens with zero attached hydrogens (tertiary/aromatic N) is 1. The van der Waals surface area contributed by atoms with E-state index in [9.17, 15) is 0 Å². The van der Waals surface area contributed by atoms with Crippen LogP contribution in [0.3, 0.4) is 0 Å². The van der Waals surface area contributed by atoms with Gasteiger partial charge < -0.3 is 0 Å². The van der Waals surface area contributed by atoms with Crippen LogP contribution in [-0.4, -0.2) is 6.21 Å². The number of aliphatic imine (C=N–C) groups is 1. The van der Waals surface area contributed by atoms with Gasteiger partial charge in [-0.05, 0) is 18.1 Å². The molecule has 0 aliphatic carbocycles. The summed E-state index contributed by atoms with van der Waals surface area (Å²) in [5.74, 6) is 0. The molecule has 0 saturated carbocycles. The Hall–Kier alpha value is -1.89. The van der Waals surface area contributed by atoms with Crippen molar-refractivity contribution < 1.29 is 0 Å². The highest BCUT2D eigenvalue weighted by atomic mass is 14.7. The van der Waals surface area contributed by atoms with Gasteiger partial charge in [0.1, 0.15) is 0 Å². The largest absolute Gasteiger partial charge is 0.292 e. The quantitative estimate of drug-likeness (QED) is 0.699. The first-order valence-corrected chi connectivity index (χ1v) is 5.92. The monoisotopic (exact) mass is 223 g/mol. The van der Waals surface area contributed by atoms with Crippen LogP contribution in [-0.2, 0) is 13.0 Å². The highest BCUT2D eigenvalue weighted by Crippen LogP contribution is 2.04. The second-order valence-corrected chi connectivity index (χ2v) is 4.20. The molecule has 17 heavy (non-hydrogen) atoms. The Morgan fingerprint density at radius 1 is 0.882 bits per heavy atom. The van der Waals surface area contributed by atoms with E-state index in [0.29, 0.717) is 0 Å². The van der Waals surface area contributed by atoms with E-state index in [2.05, 4.69) is 60.4 Å². The molecule has 1 heteroatoms. The van der Waals surface area contributed by atoms with Gasteiger partial charge in [0.2, 0.25) is 0 Å². The molecule has 1 nitrogen and oxygen atoms in total. The van der Waals surface area contributed by atoms with Crippen molar-refractivity contribution >= 4 is 6.21 Å². The van der Waals surface area contributed by atoms with Crippen molar-refractivity contribution in [3.05, 3.63) is 71.3 Å². The van der Waals surface area contributed by atoms with Gasteiger partial charge in [0.15, 0.2) is 0 Å². The smallest absolute Gasteiger partial charge is 0.0635 e. The highest BCUT2D eigenvalue weighted by Gasteiger charge is 1.90. The number of benzene rings is 2. The predicted octanol–water partition coefficient (Wildman–Crippen LogP) is 3.81. The molecule has 0 amide bonds. The second-order valence-electron chi connectivity index (χ2n) is 4.20. The molecular weight excluding hydrogens is 206 g/mol. The van der Waals surface area contributed by atoms with Crippen molar-refractivity contribution in [2.75, 3.05) is 0 Å². The Labute approximate surface area is 103 Å². The third kappa shape index (κ3) is 3.87. The summed E-state index contributed by atoms with van der Waals surface area (Å²) in [6, 6.07) is 18.9. The average molecular weight is 223 g/mol. The van der Waals surface area contributed by atoms with Gasteiger partial charge in [0.25, 0.3) is 0 Å². The van der Waals surface area contributed by atoms with Crippen LogP contribution in [0, 0.1) is 6.92 Å². The van der Waals surface area contributed by atoms with Gasteiger partial charge in [0.05, 0.1) is 6.54 Å². The third-order valence-corrected chi connectivity index (χ3v) is 2.69. The molecule has 0 heterocycles. The summed E-state index contributed by atoms with van der Waals surface area (Å²) in [6.45, 7) is 2.87. The summed E-state index contributed by atoms with van der Waals surface area (Å²) >= 11 is 0. The van der Waals surface area contributed by atoms with Crippen LogP contribution < -0.4 is 0 Å². The van der Waals surface area contributed by atoms with Crippen LogP contribution >= 0.6 is 0 Å². The molecule has 0 atom stereocenters. The van der Waals surface area contributed by atoms with Crippen LogP contribution in [0.25, 0.3) is 0 Å². The SMILES string of the molecule is Cc1ccc(CN=CCc2ccccc2)cc1. The molecule has 0 radical (unpaired) electrons. The fourth-order valence-corrected chi connectivity index (χ4v) is 1.65. The maximum Gasteiger partial charge on any atom is 0.0635 e. The third-order valence-electron chi connectivity index (χ3n) is 2.69. The molecule has 0 saturated heterocycles. The second kappa shape index (κ2) is 6.00. The van der Waals surface area contributed by atoms with Crippen LogP contribution in [0.2, 0.25) is 0 Å². The maximum atomic E-state index is 4.44. The first kappa shape index (κ1) is 11.6. The van der Waals surface area contributed by atoms with E-state index in [-0.39, 0.29) is 0 Å². The fourth-order valence-electron chi connectivity index (χ4n) is 1.65. The molecule has 86 valence electrons. The van der Waals surface area contributed by atoms with Gasteiger partial charge in [0, 0.05) is 12.6 Å². The lowest BCUT2D eigenvalue weighted by Crippen LogP contribution is -1.87. The Morgan fingerprint density at radius 3 is 2.29 bits per heavy atom. The first-order valence-electron chi connectivity index (χ1n) is 5.92. The fraction of sp³-hybridized carbons (Fsp3) is 0.188. The summed E-state index contributed by atoms with van der Waals surface area (Å²) in [7, 11) is 0. The normalized spacial score (nSPS) is 10.9. The zero-order valence-electron chi connectivity index (χ0n) is 10.1. The molecule has 2 aromatic carbocycles. The molecule has 2 rings (SSSR count). The van der Waals surface area contributed by atoms with E-state index in [1.165, 1.54) is 16.7 Å². The van der Waals surface area contributed by atoms with Crippen molar-refractivity contribution in [1.82, 2.24) is 0 Å². The Kier molecular flexibility index (Phi) is 4.09. The van der Waals surface area contributed by atoms with Crippen molar-refractivity contribution in [1.29, 1.82) is 0 Å². The van der Waals surface area contributed by atoms with Crippen molar-refractivity contribution in [2.24, 2.45) is 4.99 Å². The van der Waals surface area contributed by atoms with Gasteiger partial charge in [-0.3, -0.25) is 4.99 Å². The molecule has 0 unspecified atom stereocenters. The zero-order valence-corrected chi connectivity index (χ0v) is 10.1. The summed E-state index contributed by atoms with van der Waals surface area (Å²) in [4.78, 5) is 4.44. The zero-order chi connectivity index (χ0) is 11.9. The summed E-state index contributed by atoms with van der Waals surface area (Å²) in [5.41, 5.74) is 3.86. The summed E-state index contributed by atoms with van der Waals surface area (Å²) in [6.07, 6.45) is 2.90. The van der Waals surface area contributed by atoms with E-state index in [1.807, 2.05) is 12.3 Å². The number of hydrogen-bond acceptors (Lipinski definition) is 1. The van der Waals surface area contributed by atoms with E-state index in [1.54, 1.807) is 0 Å². The minimum atomic E-state index is 0.771. The van der Waals surface area contributed by atoms with Gasteiger partial charge >= 0.3 is 0 Å². The molecule has 0 spiro atoms. The lowest BCUT2D eigenvalue weighted by Gasteiger charge is -1.97. The van der Waals surface area contributed by atoms with E-state index >= 15 is 0 Å². The van der Waals surface area contributed by atoms with Crippen LogP contribution in [0.4, 0.5) is 0 Å². The van der Waals surface area contributed by atoms with Crippen LogP contribution in [0.1, 0.15) is 16.7 Å². The molecule has 0 fully saturated rings. The Bertz CT molecular complexity index is 469. The van der Waals surface area contributed by atoms with E-state index in [0.717, 1.165) is 13.0 Å². The molecular formula is C16H17N. The van der Waals surface area contributed by atoms with E-state index < -0.39 is 0 Å². The van der Waals surface area contributed by atoms with Crippen molar-refractivity contribution in [2.45, 2.75) is 19.9 Å². The van der Waals surface area contributed by atoms with Crippen molar-refractivity contribution in [3.63, 3.8) is 0 Å². The van der Waals surface area contributed by atoms with Crippen molar-refractivity contribution in [3.8, 4) is 0 Å². The highest BCUT2D eigenvalue weighted by molar-refractivity contribution is 5.61. The van der Waals surface area contributed by atoms with Gasteiger partial charge in [-0.2, -0.15) is 0 Å². The van der Waals surface area contributed by atoms with Gasteiger partial charge in [-0.25, -0.2) is 0 Å². The predicted molar refractivity (Wildman–Crippen MR) is 73.5 cm³/mol. The first-order chi connectivity index (χ1) is 8.34. The minimum Gasteiger partial charge on any atom is -0.292 e. The standard InChI is InChI=1S/C16H17N/c1-14-7-9-16(10-8-14)13-17-12-11-15-5-3-2-4-6-15/h2-10,12H,11,13H2,1H3. The molecule has 0 bridgehead atoms. The topological polar surface area (TPSA) is 12.4 Å². The molecule has 0 N–H and O–H groups in total.